The van der Waals surface area contributed by atoms with Crippen molar-refractivity contribution in [2.45, 2.75) is 24.9 Å². The molecule has 2 amide bonds. The SMILES string of the molecule is O=C(c1ccc(Cl)cc1)[C@@H]1[C@@H]2C(=O)N(c3ccccc3)C(=O)[C@H]2[C@H]2CCCN21. The van der Waals surface area contributed by atoms with Crippen LogP contribution in [0.15, 0.2) is 54.6 Å². The molecule has 0 aromatic heterocycles. The van der Waals surface area contributed by atoms with E-state index in [1.165, 1.54) is 4.90 Å². The molecule has 5 rings (SSSR count). The highest BCUT2D eigenvalue weighted by Gasteiger charge is 2.64. The van der Waals surface area contributed by atoms with Crippen LogP contribution in [-0.2, 0) is 9.59 Å². The van der Waals surface area contributed by atoms with Crippen LogP contribution < -0.4 is 4.90 Å². The number of nitrogens with zero attached hydrogens (tertiary/aromatic N) is 2. The molecule has 3 heterocycles. The summed E-state index contributed by atoms with van der Waals surface area (Å²) in [7, 11) is 0. The second-order valence-corrected chi connectivity index (χ2v) is 8.10. The number of halogens is 1. The standard InChI is InChI=1S/C22H19ClN2O3/c23-14-10-8-13(9-11-14)20(26)19-18-17(16-7-4-12-24(16)19)21(27)25(22(18)28)15-5-2-1-3-6-15/h1-3,5-6,8-11,16-19H,4,7,12H2/t16-,17+,18-,19+/m1/s1. The van der Waals surface area contributed by atoms with Crippen LogP contribution in [-0.4, -0.2) is 41.1 Å². The lowest BCUT2D eigenvalue weighted by Crippen LogP contribution is -2.46. The lowest BCUT2D eigenvalue weighted by molar-refractivity contribution is -0.123. The lowest BCUT2D eigenvalue weighted by atomic mass is 9.85. The summed E-state index contributed by atoms with van der Waals surface area (Å²) in [5.74, 6) is -1.61. The van der Waals surface area contributed by atoms with Crippen molar-refractivity contribution in [1.82, 2.24) is 4.90 Å². The maximum absolute atomic E-state index is 13.4. The van der Waals surface area contributed by atoms with Crippen molar-refractivity contribution in [2.75, 3.05) is 11.4 Å². The number of hydrogen-bond acceptors (Lipinski definition) is 4. The fraction of sp³-hybridized carbons (Fsp3) is 0.318. The van der Waals surface area contributed by atoms with Gasteiger partial charge in [-0.05, 0) is 55.8 Å². The van der Waals surface area contributed by atoms with Gasteiger partial charge >= 0.3 is 0 Å². The third kappa shape index (κ3) is 2.46. The molecule has 28 heavy (non-hydrogen) atoms. The number of Topliss-reactive ketones (excluding diaryl/α,β-unsaturated/α-hetero) is 1. The van der Waals surface area contributed by atoms with E-state index < -0.39 is 17.9 Å². The Morgan fingerprint density at radius 1 is 0.929 bits per heavy atom. The molecule has 0 N–H and O–H groups in total. The van der Waals surface area contributed by atoms with Gasteiger partial charge < -0.3 is 0 Å². The first-order chi connectivity index (χ1) is 13.6. The van der Waals surface area contributed by atoms with Crippen molar-refractivity contribution in [3.8, 4) is 0 Å². The van der Waals surface area contributed by atoms with Crippen molar-refractivity contribution in [3.63, 3.8) is 0 Å². The number of carbonyl (C=O) groups is 3. The summed E-state index contributed by atoms with van der Waals surface area (Å²) in [4.78, 5) is 43.3. The van der Waals surface area contributed by atoms with Crippen LogP contribution in [0.2, 0.25) is 5.02 Å². The van der Waals surface area contributed by atoms with Crippen LogP contribution in [0.1, 0.15) is 23.2 Å². The Morgan fingerprint density at radius 2 is 1.61 bits per heavy atom. The van der Waals surface area contributed by atoms with E-state index in [-0.39, 0.29) is 23.6 Å². The Bertz CT molecular complexity index is 960. The number of amides is 2. The molecule has 0 unspecified atom stereocenters. The Labute approximate surface area is 167 Å². The fourth-order valence-corrected chi connectivity index (χ4v) is 5.26. The van der Waals surface area contributed by atoms with Crippen LogP contribution in [0.25, 0.3) is 0 Å². The van der Waals surface area contributed by atoms with Gasteiger partial charge in [0.15, 0.2) is 5.78 Å². The van der Waals surface area contributed by atoms with Crippen LogP contribution >= 0.6 is 11.6 Å². The summed E-state index contributed by atoms with van der Waals surface area (Å²) in [6.45, 7) is 0.744. The number of benzene rings is 2. The molecule has 0 bridgehead atoms. The normalized spacial score (nSPS) is 29.2. The van der Waals surface area contributed by atoms with Crippen LogP contribution in [0, 0.1) is 11.8 Å². The van der Waals surface area contributed by atoms with E-state index in [2.05, 4.69) is 4.90 Å². The van der Waals surface area contributed by atoms with Gasteiger partial charge in [0, 0.05) is 16.6 Å². The molecule has 2 aromatic rings. The molecule has 3 aliphatic heterocycles. The van der Waals surface area contributed by atoms with Gasteiger partial charge in [-0.15, -0.1) is 0 Å². The number of para-hydroxylation sites is 1. The predicted molar refractivity (Wildman–Crippen MR) is 105 cm³/mol. The fourth-order valence-electron chi connectivity index (χ4n) is 5.13. The molecule has 5 nitrogen and oxygen atoms in total. The van der Waals surface area contributed by atoms with E-state index in [0.717, 1.165) is 19.4 Å². The second-order valence-electron chi connectivity index (χ2n) is 7.66. The Balaban J connectivity index is 1.55. The smallest absolute Gasteiger partial charge is 0.239 e. The first-order valence-corrected chi connectivity index (χ1v) is 9.94. The third-order valence-electron chi connectivity index (χ3n) is 6.26. The minimum atomic E-state index is -0.624. The number of imide groups is 1. The molecular weight excluding hydrogens is 376 g/mol. The predicted octanol–water partition coefficient (Wildman–Crippen LogP) is 3.18. The van der Waals surface area contributed by atoms with Gasteiger partial charge in [0.2, 0.25) is 11.8 Å². The van der Waals surface area contributed by atoms with Crippen LogP contribution in [0.4, 0.5) is 5.69 Å². The molecule has 3 saturated heterocycles. The number of rotatable bonds is 3. The zero-order valence-electron chi connectivity index (χ0n) is 15.1. The van der Waals surface area contributed by atoms with E-state index >= 15 is 0 Å². The number of anilines is 1. The summed E-state index contributed by atoms with van der Waals surface area (Å²) in [5.41, 5.74) is 1.10. The highest BCUT2D eigenvalue weighted by atomic mass is 35.5. The Kier molecular flexibility index (Phi) is 4.11. The first-order valence-electron chi connectivity index (χ1n) is 9.56. The largest absolute Gasteiger partial charge is 0.292 e. The zero-order valence-corrected chi connectivity index (χ0v) is 15.9. The van der Waals surface area contributed by atoms with Crippen molar-refractivity contribution < 1.29 is 14.4 Å². The Morgan fingerprint density at radius 3 is 2.32 bits per heavy atom. The van der Waals surface area contributed by atoms with Gasteiger partial charge in [0.25, 0.3) is 0 Å². The van der Waals surface area contributed by atoms with Gasteiger partial charge in [0.05, 0.1) is 23.6 Å². The molecule has 2 aromatic carbocycles. The minimum Gasteiger partial charge on any atom is -0.292 e. The van der Waals surface area contributed by atoms with E-state index in [1.54, 1.807) is 36.4 Å². The van der Waals surface area contributed by atoms with Crippen LogP contribution in [0.5, 0.6) is 0 Å². The van der Waals surface area contributed by atoms with Gasteiger partial charge in [0.1, 0.15) is 0 Å². The maximum Gasteiger partial charge on any atom is 0.239 e. The van der Waals surface area contributed by atoms with Gasteiger partial charge in [-0.25, -0.2) is 4.90 Å². The van der Waals surface area contributed by atoms with Crippen molar-refractivity contribution >= 4 is 34.9 Å². The monoisotopic (exact) mass is 394 g/mol. The average molecular weight is 395 g/mol. The molecule has 0 aliphatic carbocycles. The maximum atomic E-state index is 13.4. The summed E-state index contributed by atoms with van der Waals surface area (Å²) in [6.07, 6.45) is 1.78. The van der Waals surface area contributed by atoms with Crippen LogP contribution in [0.3, 0.4) is 0 Å². The number of carbonyl (C=O) groups excluding carboxylic acids is 3. The van der Waals surface area contributed by atoms with Crippen molar-refractivity contribution in [1.29, 1.82) is 0 Å². The summed E-state index contributed by atoms with van der Waals surface area (Å²) in [6, 6.07) is 15.1. The third-order valence-corrected chi connectivity index (χ3v) is 6.52. The molecule has 6 heteroatoms. The van der Waals surface area contributed by atoms with Crippen molar-refractivity contribution in [3.05, 3.63) is 65.2 Å². The molecule has 4 atom stereocenters. The van der Waals surface area contributed by atoms with Gasteiger partial charge in [-0.3, -0.25) is 19.3 Å². The molecule has 0 saturated carbocycles. The minimum absolute atomic E-state index is 0.0450. The number of hydrogen-bond donors (Lipinski definition) is 0. The molecular formula is C22H19ClN2O3. The number of fused-ring (bicyclic) bond motifs is 3. The molecule has 3 aliphatic rings. The molecule has 3 fully saturated rings. The average Bonchev–Trinajstić information content (AvgIpc) is 3.35. The van der Waals surface area contributed by atoms with E-state index in [0.29, 0.717) is 16.3 Å². The molecule has 0 spiro atoms. The summed E-state index contributed by atoms with van der Waals surface area (Å²) >= 11 is 5.96. The quantitative estimate of drug-likeness (QED) is 0.592. The Hall–Kier alpha value is -2.50. The van der Waals surface area contributed by atoms with Gasteiger partial charge in [-0.1, -0.05) is 29.8 Å². The van der Waals surface area contributed by atoms with Gasteiger partial charge in [-0.2, -0.15) is 0 Å². The molecule has 0 radical (unpaired) electrons. The summed E-state index contributed by atoms with van der Waals surface area (Å²) in [5, 5.41) is 0.558. The highest BCUT2D eigenvalue weighted by Crippen LogP contribution is 2.48. The van der Waals surface area contributed by atoms with E-state index in [1.807, 2.05) is 18.2 Å². The van der Waals surface area contributed by atoms with E-state index in [9.17, 15) is 14.4 Å². The topological polar surface area (TPSA) is 57.7 Å². The lowest BCUT2D eigenvalue weighted by Gasteiger charge is -2.27. The highest BCUT2D eigenvalue weighted by molar-refractivity contribution is 6.30. The summed E-state index contributed by atoms with van der Waals surface area (Å²) < 4.78 is 0. The first kappa shape index (κ1) is 17.6. The number of ketones is 1. The second kappa shape index (κ2) is 6.54. The van der Waals surface area contributed by atoms with E-state index in [4.69, 9.17) is 11.6 Å². The zero-order chi connectivity index (χ0) is 19.4. The van der Waals surface area contributed by atoms with Crippen molar-refractivity contribution in [2.24, 2.45) is 11.8 Å². The molecule has 142 valence electrons.